The third kappa shape index (κ3) is 3.79. The van der Waals surface area contributed by atoms with Gasteiger partial charge in [0.1, 0.15) is 12.4 Å². The molecule has 1 aromatic rings. The summed E-state index contributed by atoms with van der Waals surface area (Å²) in [6.45, 7) is 1.96. The smallest absolute Gasteiger partial charge is 0.325 e. The Bertz CT molecular complexity index is 500. The lowest BCUT2D eigenvalue weighted by Crippen LogP contribution is -2.39. The average molecular weight is 279 g/mol. The van der Waals surface area contributed by atoms with Crippen molar-refractivity contribution in [3.8, 4) is 0 Å². The third-order valence-corrected chi connectivity index (χ3v) is 3.21. The van der Waals surface area contributed by atoms with Crippen molar-refractivity contribution in [3.05, 3.63) is 35.6 Å². The lowest BCUT2D eigenvalue weighted by molar-refractivity contribution is -0.149. The highest BCUT2D eigenvalue weighted by Crippen LogP contribution is 2.27. The van der Waals surface area contributed by atoms with Gasteiger partial charge in [-0.1, -0.05) is 18.2 Å². The Morgan fingerprint density at radius 2 is 2.05 bits per heavy atom. The van der Waals surface area contributed by atoms with Gasteiger partial charge in [-0.15, -0.1) is 0 Å². The molecule has 1 aromatic carbocycles. The summed E-state index contributed by atoms with van der Waals surface area (Å²) in [5.41, 5.74) is 0.354. The minimum absolute atomic E-state index is 0.0252. The molecule has 0 radical (unpaired) electrons. The Hall–Kier alpha value is -1.91. The predicted molar refractivity (Wildman–Crippen MR) is 71.5 cm³/mol. The van der Waals surface area contributed by atoms with Crippen molar-refractivity contribution in [2.75, 3.05) is 13.2 Å². The maximum absolute atomic E-state index is 13.6. The lowest BCUT2D eigenvalue weighted by atomic mass is 10.1. The molecule has 0 unspecified atom stereocenters. The molecular formula is C15H18FNO3. The molecule has 5 heteroatoms. The molecule has 1 aliphatic carbocycles. The first-order chi connectivity index (χ1) is 9.61. The fourth-order valence-electron chi connectivity index (χ4n) is 2.06. The summed E-state index contributed by atoms with van der Waals surface area (Å²) in [7, 11) is 0. The van der Waals surface area contributed by atoms with Crippen LogP contribution in [-0.4, -0.2) is 36.0 Å². The molecule has 20 heavy (non-hydrogen) atoms. The Morgan fingerprint density at radius 1 is 1.35 bits per heavy atom. The van der Waals surface area contributed by atoms with Gasteiger partial charge in [-0.05, 0) is 31.4 Å². The molecule has 0 atom stereocenters. The van der Waals surface area contributed by atoms with E-state index in [-0.39, 0.29) is 24.9 Å². The Morgan fingerprint density at radius 3 is 2.65 bits per heavy atom. The fraction of sp³-hybridized carbons (Fsp3) is 0.467. The molecule has 0 saturated heterocycles. The second-order valence-electron chi connectivity index (χ2n) is 4.83. The van der Waals surface area contributed by atoms with Gasteiger partial charge in [0.2, 0.25) is 5.91 Å². The predicted octanol–water partition coefficient (Wildman–Crippen LogP) is 1.92. The highest BCUT2D eigenvalue weighted by molar-refractivity contribution is 5.84. The first kappa shape index (κ1) is 14.5. The van der Waals surface area contributed by atoms with E-state index in [2.05, 4.69) is 0 Å². The zero-order chi connectivity index (χ0) is 14.5. The summed E-state index contributed by atoms with van der Waals surface area (Å²) >= 11 is 0. The lowest BCUT2D eigenvalue weighted by Gasteiger charge is -2.21. The molecule has 1 amide bonds. The summed E-state index contributed by atoms with van der Waals surface area (Å²) in [5, 5.41) is 0. The molecule has 2 rings (SSSR count). The summed E-state index contributed by atoms with van der Waals surface area (Å²) in [5.74, 6) is -1.04. The van der Waals surface area contributed by atoms with Gasteiger partial charge in [0, 0.05) is 6.04 Å². The quantitative estimate of drug-likeness (QED) is 0.747. The number of rotatable bonds is 6. The largest absolute Gasteiger partial charge is 0.465 e. The topological polar surface area (TPSA) is 46.6 Å². The van der Waals surface area contributed by atoms with E-state index in [1.807, 2.05) is 0 Å². The van der Waals surface area contributed by atoms with E-state index in [0.717, 1.165) is 12.8 Å². The van der Waals surface area contributed by atoms with Gasteiger partial charge in [-0.2, -0.15) is 0 Å². The van der Waals surface area contributed by atoms with Crippen molar-refractivity contribution < 1.29 is 18.7 Å². The van der Waals surface area contributed by atoms with Gasteiger partial charge >= 0.3 is 5.97 Å². The molecule has 0 spiro atoms. The number of hydrogen-bond acceptors (Lipinski definition) is 3. The second kappa shape index (κ2) is 6.50. The van der Waals surface area contributed by atoms with E-state index in [4.69, 9.17) is 4.74 Å². The van der Waals surface area contributed by atoms with Gasteiger partial charge in [0.15, 0.2) is 0 Å². The summed E-state index contributed by atoms with van der Waals surface area (Å²) in [6.07, 6.45) is 1.76. The van der Waals surface area contributed by atoms with Gasteiger partial charge < -0.3 is 9.64 Å². The number of carbonyl (C=O) groups excluding carboxylic acids is 2. The summed E-state index contributed by atoms with van der Waals surface area (Å²) in [4.78, 5) is 25.3. The highest BCUT2D eigenvalue weighted by Gasteiger charge is 2.34. The molecule has 0 N–H and O–H groups in total. The number of esters is 1. The fourth-order valence-corrected chi connectivity index (χ4v) is 2.06. The Balaban J connectivity index is 2.00. The van der Waals surface area contributed by atoms with Gasteiger partial charge in [0.25, 0.3) is 0 Å². The van der Waals surface area contributed by atoms with Crippen LogP contribution in [-0.2, 0) is 20.7 Å². The molecular weight excluding hydrogens is 261 g/mol. The maximum atomic E-state index is 13.6. The Kier molecular flexibility index (Phi) is 4.71. The number of amides is 1. The highest BCUT2D eigenvalue weighted by atomic mass is 19.1. The minimum atomic E-state index is -0.415. The van der Waals surface area contributed by atoms with Crippen LogP contribution in [0, 0.1) is 5.82 Å². The molecule has 1 fully saturated rings. The van der Waals surface area contributed by atoms with Crippen LogP contribution in [0.4, 0.5) is 4.39 Å². The average Bonchev–Trinajstić information content (AvgIpc) is 3.23. The third-order valence-electron chi connectivity index (χ3n) is 3.21. The number of ether oxygens (including phenoxy) is 1. The van der Waals surface area contributed by atoms with E-state index in [1.165, 1.54) is 11.0 Å². The first-order valence-electron chi connectivity index (χ1n) is 6.80. The zero-order valence-corrected chi connectivity index (χ0v) is 11.5. The molecule has 4 nitrogen and oxygen atoms in total. The molecule has 0 bridgehead atoms. The van der Waals surface area contributed by atoms with Crippen LogP contribution >= 0.6 is 0 Å². The van der Waals surface area contributed by atoms with Crippen molar-refractivity contribution in [2.24, 2.45) is 0 Å². The van der Waals surface area contributed by atoms with Crippen molar-refractivity contribution in [3.63, 3.8) is 0 Å². The second-order valence-corrected chi connectivity index (χ2v) is 4.83. The molecule has 108 valence electrons. The molecule has 0 aromatic heterocycles. The number of halogens is 1. The SMILES string of the molecule is CCOC(=O)CN(C(=O)Cc1ccccc1F)C1CC1. The first-order valence-corrected chi connectivity index (χ1v) is 6.80. The molecule has 1 saturated carbocycles. The van der Waals surface area contributed by atoms with Crippen molar-refractivity contribution in [1.82, 2.24) is 4.90 Å². The van der Waals surface area contributed by atoms with Crippen molar-refractivity contribution in [1.29, 1.82) is 0 Å². The van der Waals surface area contributed by atoms with Gasteiger partial charge in [-0.3, -0.25) is 9.59 Å². The monoisotopic (exact) mass is 279 g/mol. The van der Waals surface area contributed by atoms with Crippen LogP contribution in [0.3, 0.4) is 0 Å². The van der Waals surface area contributed by atoms with E-state index in [0.29, 0.717) is 12.2 Å². The van der Waals surface area contributed by atoms with Crippen LogP contribution in [0.25, 0.3) is 0 Å². The zero-order valence-electron chi connectivity index (χ0n) is 11.5. The summed E-state index contributed by atoms with van der Waals surface area (Å²) in [6, 6.07) is 6.29. The van der Waals surface area contributed by atoms with E-state index < -0.39 is 11.8 Å². The molecule has 0 aliphatic heterocycles. The number of carbonyl (C=O) groups is 2. The van der Waals surface area contributed by atoms with Crippen LogP contribution in [0.1, 0.15) is 25.3 Å². The number of nitrogens with zero attached hydrogens (tertiary/aromatic N) is 1. The maximum Gasteiger partial charge on any atom is 0.325 e. The normalized spacial score (nSPS) is 13.9. The molecule has 1 aliphatic rings. The minimum Gasteiger partial charge on any atom is -0.465 e. The van der Waals surface area contributed by atoms with Gasteiger partial charge in [0.05, 0.1) is 13.0 Å². The van der Waals surface area contributed by atoms with Crippen LogP contribution in [0.2, 0.25) is 0 Å². The van der Waals surface area contributed by atoms with E-state index >= 15 is 0 Å². The van der Waals surface area contributed by atoms with Crippen molar-refractivity contribution >= 4 is 11.9 Å². The van der Waals surface area contributed by atoms with Crippen molar-refractivity contribution in [2.45, 2.75) is 32.2 Å². The number of benzene rings is 1. The van der Waals surface area contributed by atoms with E-state index in [1.54, 1.807) is 25.1 Å². The summed E-state index contributed by atoms with van der Waals surface area (Å²) < 4.78 is 18.4. The standard InChI is InChI=1S/C15H18FNO3/c1-2-20-15(19)10-17(12-7-8-12)14(18)9-11-5-3-4-6-13(11)16/h3-6,12H,2,7-10H2,1H3. The Labute approximate surface area is 117 Å². The van der Waals surface area contributed by atoms with Crippen LogP contribution in [0.15, 0.2) is 24.3 Å². The van der Waals surface area contributed by atoms with E-state index in [9.17, 15) is 14.0 Å². The number of hydrogen-bond donors (Lipinski definition) is 0. The van der Waals surface area contributed by atoms with Crippen LogP contribution in [0.5, 0.6) is 0 Å². The van der Waals surface area contributed by atoms with Crippen LogP contribution < -0.4 is 0 Å². The van der Waals surface area contributed by atoms with Gasteiger partial charge in [-0.25, -0.2) is 4.39 Å². The molecule has 0 heterocycles.